The monoisotopic (exact) mass is 348 g/mol. The van der Waals surface area contributed by atoms with Crippen LogP contribution in [0.1, 0.15) is 31.2 Å². The van der Waals surface area contributed by atoms with Gasteiger partial charge in [-0.1, -0.05) is 42.3 Å². The van der Waals surface area contributed by atoms with Crippen LogP contribution >= 0.6 is 23.2 Å². The molecule has 4 nitrogen and oxygen atoms in total. The molecule has 0 amide bonds. The minimum Gasteiger partial charge on any atom is -0.444 e. The van der Waals surface area contributed by atoms with E-state index in [1.54, 1.807) is 18.2 Å². The first kappa shape index (κ1) is 15.9. The fourth-order valence-corrected chi connectivity index (χ4v) is 3.56. The van der Waals surface area contributed by atoms with Gasteiger partial charge in [-0.2, -0.15) is 5.26 Å². The minimum atomic E-state index is -0.630. The molecule has 2 aliphatic rings. The van der Waals surface area contributed by atoms with Crippen LogP contribution in [0.25, 0.3) is 0 Å². The average molecular weight is 349 g/mol. The van der Waals surface area contributed by atoms with E-state index >= 15 is 0 Å². The summed E-state index contributed by atoms with van der Waals surface area (Å²) in [4.78, 5) is 12.6. The number of nitriles is 1. The lowest BCUT2D eigenvalue weighted by atomic mass is 9.75. The normalized spacial score (nSPS) is 24.2. The lowest BCUT2D eigenvalue weighted by molar-refractivity contribution is -0.117. The Labute approximate surface area is 144 Å². The molecule has 23 heavy (non-hydrogen) atoms. The summed E-state index contributed by atoms with van der Waals surface area (Å²) >= 11 is 12.4. The highest BCUT2D eigenvalue weighted by Gasteiger charge is 2.40. The van der Waals surface area contributed by atoms with E-state index in [1.807, 2.05) is 6.92 Å². The number of carbonyl (C=O) groups excluding carboxylic acids is 1. The number of allylic oxidation sites excluding steroid dienone is 3. The third kappa shape index (κ3) is 2.60. The minimum absolute atomic E-state index is 0.0224. The third-order valence-electron chi connectivity index (χ3n) is 4.16. The van der Waals surface area contributed by atoms with Gasteiger partial charge in [-0.25, -0.2) is 0 Å². The van der Waals surface area contributed by atoms with Crippen molar-refractivity contribution in [3.8, 4) is 6.07 Å². The molecule has 1 aliphatic heterocycles. The second kappa shape index (κ2) is 5.92. The summed E-state index contributed by atoms with van der Waals surface area (Å²) < 4.78 is 5.57. The molecule has 1 aliphatic carbocycles. The number of ketones is 1. The molecule has 3 rings (SSSR count). The van der Waals surface area contributed by atoms with Crippen LogP contribution in [0.3, 0.4) is 0 Å². The molecule has 6 heteroatoms. The summed E-state index contributed by atoms with van der Waals surface area (Å²) in [6.07, 6.45) is 1.02. The highest BCUT2D eigenvalue weighted by atomic mass is 35.5. The van der Waals surface area contributed by atoms with E-state index < -0.39 is 5.92 Å². The molecule has 1 aromatic carbocycles. The van der Waals surface area contributed by atoms with E-state index in [1.165, 1.54) is 0 Å². The second-order valence-corrected chi connectivity index (χ2v) is 6.63. The molecule has 0 fully saturated rings. The quantitative estimate of drug-likeness (QED) is 0.830. The first-order valence-corrected chi connectivity index (χ1v) is 7.97. The zero-order chi connectivity index (χ0) is 16.7. The van der Waals surface area contributed by atoms with E-state index in [4.69, 9.17) is 33.7 Å². The van der Waals surface area contributed by atoms with Gasteiger partial charge in [0.05, 0.1) is 16.0 Å². The van der Waals surface area contributed by atoms with Crippen LogP contribution in [0.4, 0.5) is 0 Å². The number of carbonyl (C=O) groups is 1. The number of nitrogens with two attached hydrogens (primary N) is 1. The number of Topliss-reactive ketones (excluding diaryl/α,β-unsaturated/α-hetero) is 1. The molecule has 0 radical (unpaired) electrons. The number of rotatable bonds is 1. The maximum atomic E-state index is 12.6. The van der Waals surface area contributed by atoms with Crippen molar-refractivity contribution in [3.05, 3.63) is 56.6 Å². The smallest absolute Gasteiger partial charge is 0.205 e. The number of hydrogen-bond donors (Lipinski definition) is 1. The fraction of sp³-hybridized carbons (Fsp3) is 0.294. The Balaban J connectivity index is 2.24. The van der Waals surface area contributed by atoms with Gasteiger partial charge < -0.3 is 10.5 Å². The molecule has 0 spiro atoms. The SMILES string of the molecule is C[C@H]1CC(=O)C2=C(C1)OC(N)=C(C#N)[C@@H]2c1cccc(Cl)c1Cl. The van der Waals surface area contributed by atoms with Crippen LogP contribution < -0.4 is 5.73 Å². The number of benzene rings is 1. The van der Waals surface area contributed by atoms with Crippen molar-refractivity contribution in [2.75, 3.05) is 0 Å². The van der Waals surface area contributed by atoms with Gasteiger partial charge in [0.2, 0.25) is 5.88 Å². The Morgan fingerprint density at radius 2 is 2.09 bits per heavy atom. The molecule has 0 saturated carbocycles. The van der Waals surface area contributed by atoms with Crippen LogP contribution in [0, 0.1) is 17.2 Å². The molecule has 0 unspecified atom stereocenters. The molecule has 0 saturated heterocycles. The van der Waals surface area contributed by atoms with E-state index in [0.717, 1.165) is 0 Å². The van der Waals surface area contributed by atoms with Crippen molar-refractivity contribution in [1.29, 1.82) is 5.26 Å². The summed E-state index contributed by atoms with van der Waals surface area (Å²) in [5.74, 6) is 0.0589. The highest BCUT2D eigenvalue weighted by molar-refractivity contribution is 6.42. The predicted octanol–water partition coefficient (Wildman–Crippen LogP) is 4.05. The predicted molar refractivity (Wildman–Crippen MR) is 87.5 cm³/mol. The molecular weight excluding hydrogens is 335 g/mol. The van der Waals surface area contributed by atoms with E-state index in [0.29, 0.717) is 39.8 Å². The molecule has 118 valence electrons. The second-order valence-electron chi connectivity index (χ2n) is 5.84. The van der Waals surface area contributed by atoms with Crippen molar-refractivity contribution in [2.24, 2.45) is 11.7 Å². The Hall–Kier alpha value is -1.96. The average Bonchev–Trinajstić information content (AvgIpc) is 2.48. The van der Waals surface area contributed by atoms with Crippen molar-refractivity contribution < 1.29 is 9.53 Å². The summed E-state index contributed by atoms with van der Waals surface area (Å²) in [6.45, 7) is 1.98. The number of nitrogens with zero attached hydrogens (tertiary/aromatic N) is 1. The Kier molecular flexibility index (Phi) is 4.09. The molecular formula is C17H14Cl2N2O2. The summed E-state index contributed by atoms with van der Waals surface area (Å²) in [5.41, 5.74) is 7.17. The largest absolute Gasteiger partial charge is 0.444 e. The summed E-state index contributed by atoms with van der Waals surface area (Å²) in [7, 11) is 0. The van der Waals surface area contributed by atoms with Crippen LogP contribution in [0.5, 0.6) is 0 Å². The van der Waals surface area contributed by atoms with E-state index in [-0.39, 0.29) is 23.2 Å². The molecule has 0 aromatic heterocycles. The van der Waals surface area contributed by atoms with Gasteiger partial charge in [0.25, 0.3) is 0 Å². The number of hydrogen-bond acceptors (Lipinski definition) is 4. The van der Waals surface area contributed by atoms with Gasteiger partial charge in [0, 0.05) is 18.4 Å². The van der Waals surface area contributed by atoms with Crippen LogP contribution in [-0.4, -0.2) is 5.78 Å². The first-order valence-electron chi connectivity index (χ1n) is 7.21. The lowest BCUT2D eigenvalue weighted by Gasteiger charge is -2.33. The highest BCUT2D eigenvalue weighted by Crippen LogP contribution is 2.47. The number of halogens is 2. The van der Waals surface area contributed by atoms with Crippen molar-refractivity contribution in [1.82, 2.24) is 0 Å². The van der Waals surface area contributed by atoms with Gasteiger partial charge in [0.1, 0.15) is 17.4 Å². The Morgan fingerprint density at radius 1 is 1.35 bits per heavy atom. The van der Waals surface area contributed by atoms with Gasteiger partial charge in [-0.15, -0.1) is 0 Å². The zero-order valence-corrected chi connectivity index (χ0v) is 13.9. The maximum Gasteiger partial charge on any atom is 0.205 e. The van der Waals surface area contributed by atoms with Crippen LogP contribution in [-0.2, 0) is 9.53 Å². The standard InChI is InChI=1S/C17H14Cl2N2O2/c1-8-5-12(22)15-13(6-8)23-17(21)10(7-20)14(15)9-3-2-4-11(18)16(9)19/h2-4,8,14H,5-6,21H2,1H3/t8-,14-/m0/s1. The van der Waals surface area contributed by atoms with Crippen molar-refractivity contribution >= 4 is 29.0 Å². The van der Waals surface area contributed by atoms with Crippen LogP contribution in [0.2, 0.25) is 10.0 Å². The summed E-state index contributed by atoms with van der Waals surface area (Å²) in [6, 6.07) is 7.21. The fourth-order valence-electron chi connectivity index (χ4n) is 3.15. The topological polar surface area (TPSA) is 76.1 Å². The van der Waals surface area contributed by atoms with Gasteiger partial charge in [-0.05, 0) is 17.5 Å². The van der Waals surface area contributed by atoms with E-state index in [9.17, 15) is 10.1 Å². The van der Waals surface area contributed by atoms with Gasteiger partial charge in [0.15, 0.2) is 5.78 Å². The maximum absolute atomic E-state index is 12.6. The molecule has 2 atom stereocenters. The Bertz CT molecular complexity index is 805. The first-order chi connectivity index (χ1) is 10.9. The molecule has 1 aromatic rings. The summed E-state index contributed by atoms with van der Waals surface area (Å²) in [5, 5.41) is 10.2. The molecule has 0 bridgehead atoms. The van der Waals surface area contributed by atoms with Crippen molar-refractivity contribution in [3.63, 3.8) is 0 Å². The molecule has 1 heterocycles. The molecule has 2 N–H and O–H groups in total. The van der Waals surface area contributed by atoms with Gasteiger partial charge >= 0.3 is 0 Å². The van der Waals surface area contributed by atoms with Crippen LogP contribution in [0.15, 0.2) is 41.0 Å². The third-order valence-corrected chi connectivity index (χ3v) is 4.99. The number of ether oxygens (including phenoxy) is 1. The lowest BCUT2D eigenvalue weighted by Crippen LogP contribution is -2.29. The Morgan fingerprint density at radius 3 is 2.78 bits per heavy atom. The zero-order valence-electron chi connectivity index (χ0n) is 12.4. The van der Waals surface area contributed by atoms with Crippen molar-refractivity contribution in [2.45, 2.75) is 25.7 Å². The van der Waals surface area contributed by atoms with E-state index in [2.05, 4.69) is 6.07 Å². The van der Waals surface area contributed by atoms with Gasteiger partial charge in [-0.3, -0.25) is 4.79 Å².